The second-order valence-corrected chi connectivity index (χ2v) is 8.89. The molecule has 2 nitrogen and oxygen atoms in total. The average molecular weight is 449 g/mol. The van der Waals surface area contributed by atoms with Crippen LogP contribution in [0.3, 0.4) is 0 Å². The van der Waals surface area contributed by atoms with Crippen molar-refractivity contribution in [3.8, 4) is 44.5 Å². The van der Waals surface area contributed by atoms with Crippen LogP contribution in [0.4, 0.5) is 0 Å². The second-order valence-electron chi connectivity index (χ2n) is 8.89. The molecule has 0 radical (unpaired) electrons. The van der Waals surface area contributed by atoms with E-state index in [4.69, 9.17) is 4.98 Å². The van der Waals surface area contributed by atoms with Crippen molar-refractivity contribution in [2.45, 2.75) is 6.92 Å². The van der Waals surface area contributed by atoms with Gasteiger partial charge in [0.2, 0.25) is 0 Å². The summed E-state index contributed by atoms with van der Waals surface area (Å²) in [5.74, 6) is 0. The molecular formula is C33H24N2. The molecule has 0 aliphatic rings. The first-order valence-corrected chi connectivity index (χ1v) is 11.8. The summed E-state index contributed by atoms with van der Waals surface area (Å²) in [7, 11) is 0. The Kier molecular flexibility index (Phi) is 5.40. The molecule has 2 heterocycles. The Morgan fingerprint density at radius 2 is 0.886 bits per heavy atom. The van der Waals surface area contributed by atoms with Crippen molar-refractivity contribution >= 4 is 10.9 Å². The van der Waals surface area contributed by atoms with Gasteiger partial charge in [0.05, 0.1) is 5.52 Å². The number of hydrogen-bond donors (Lipinski definition) is 0. The Hall–Kier alpha value is -4.56. The van der Waals surface area contributed by atoms with Gasteiger partial charge in [-0.25, -0.2) is 0 Å². The summed E-state index contributed by atoms with van der Waals surface area (Å²) in [6, 6.07) is 38.8. The van der Waals surface area contributed by atoms with Crippen LogP contribution in [0.1, 0.15) is 5.56 Å². The van der Waals surface area contributed by atoms with Crippen molar-refractivity contribution in [3.05, 3.63) is 133 Å². The lowest BCUT2D eigenvalue weighted by Gasteiger charge is -2.08. The highest BCUT2D eigenvalue weighted by molar-refractivity contribution is 5.88. The van der Waals surface area contributed by atoms with E-state index in [0.717, 1.165) is 22.0 Å². The minimum Gasteiger partial charge on any atom is -0.265 e. The van der Waals surface area contributed by atoms with Crippen LogP contribution in [0.25, 0.3) is 55.4 Å². The monoisotopic (exact) mass is 448 g/mol. The number of pyridine rings is 2. The van der Waals surface area contributed by atoms with Gasteiger partial charge in [-0.1, -0.05) is 90.5 Å². The van der Waals surface area contributed by atoms with Crippen LogP contribution in [-0.4, -0.2) is 9.97 Å². The smallest absolute Gasteiger partial charge is 0.0708 e. The first-order valence-electron chi connectivity index (χ1n) is 11.8. The summed E-state index contributed by atoms with van der Waals surface area (Å²) in [5, 5.41) is 1.14. The van der Waals surface area contributed by atoms with E-state index in [1.807, 2.05) is 30.7 Å². The van der Waals surface area contributed by atoms with Crippen LogP contribution < -0.4 is 0 Å². The number of rotatable bonds is 4. The standard InChI is InChI=1S/C33H24N2/c1-23-2-4-24(5-3-23)25-6-10-27(11-7-25)30-14-15-31-20-32(22-35-33(31)21-30)28-12-8-26(9-13-28)29-16-18-34-19-17-29/h2-22H,1H3. The minimum atomic E-state index is 1.00. The first kappa shape index (κ1) is 21.0. The quantitative estimate of drug-likeness (QED) is 0.270. The first-order chi connectivity index (χ1) is 17.2. The molecule has 0 unspecified atom stereocenters. The molecular weight excluding hydrogens is 424 g/mol. The van der Waals surface area contributed by atoms with E-state index >= 15 is 0 Å². The molecule has 35 heavy (non-hydrogen) atoms. The summed E-state index contributed by atoms with van der Waals surface area (Å²) < 4.78 is 0. The largest absolute Gasteiger partial charge is 0.265 e. The van der Waals surface area contributed by atoms with Crippen LogP contribution in [0.2, 0.25) is 0 Å². The number of aryl methyl sites for hydroxylation is 1. The molecule has 4 aromatic carbocycles. The summed E-state index contributed by atoms with van der Waals surface area (Å²) >= 11 is 0. The highest BCUT2D eigenvalue weighted by Gasteiger charge is 2.06. The highest BCUT2D eigenvalue weighted by atomic mass is 14.6. The van der Waals surface area contributed by atoms with Gasteiger partial charge < -0.3 is 0 Å². The molecule has 6 rings (SSSR count). The number of nitrogens with zero attached hydrogens (tertiary/aromatic N) is 2. The topological polar surface area (TPSA) is 25.8 Å². The molecule has 0 aliphatic heterocycles. The lowest BCUT2D eigenvalue weighted by atomic mass is 9.98. The van der Waals surface area contributed by atoms with Gasteiger partial charge in [-0.2, -0.15) is 0 Å². The molecule has 0 N–H and O–H groups in total. The van der Waals surface area contributed by atoms with Crippen molar-refractivity contribution < 1.29 is 0 Å². The molecule has 0 saturated heterocycles. The van der Waals surface area contributed by atoms with Crippen LogP contribution >= 0.6 is 0 Å². The second kappa shape index (κ2) is 9.00. The van der Waals surface area contributed by atoms with Crippen LogP contribution in [0.15, 0.2) is 128 Å². The lowest BCUT2D eigenvalue weighted by molar-refractivity contribution is 1.33. The van der Waals surface area contributed by atoms with Gasteiger partial charge >= 0.3 is 0 Å². The predicted molar refractivity (Wildman–Crippen MR) is 146 cm³/mol. The molecule has 0 bridgehead atoms. The number of fused-ring (bicyclic) bond motifs is 1. The highest BCUT2D eigenvalue weighted by Crippen LogP contribution is 2.30. The van der Waals surface area contributed by atoms with E-state index in [1.54, 1.807) is 0 Å². The minimum absolute atomic E-state index is 1.00. The Morgan fingerprint density at radius 1 is 0.429 bits per heavy atom. The fourth-order valence-electron chi connectivity index (χ4n) is 4.46. The van der Waals surface area contributed by atoms with Gasteiger partial charge in [0.1, 0.15) is 0 Å². The van der Waals surface area contributed by atoms with Gasteiger partial charge in [-0.3, -0.25) is 9.97 Å². The number of aromatic nitrogens is 2. The zero-order valence-corrected chi connectivity index (χ0v) is 19.5. The Bertz CT molecular complexity index is 1600. The van der Waals surface area contributed by atoms with E-state index in [0.29, 0.717) is 0 Å². The van der Waals surface area contributed by atoms with Gasteiger partial charge in [-0.15, -0.1) is 0 Å². The summed E-state index contributed by atoms with van der Waals surface area (Å²) in [5.41, 5.74) is 11.8. The van der Waals surface area contributed by atoms with Gasteiger partial charge in [0.25, 0.3) is 0 Å². The molecule has 0 amide bonds. The van der Waals surface area contributed by atoms with Crippen LogP contribution in [-0.2, 0) is 0 Å². The molecule has 2 aromatic heterocycles. The SMILES string of the molecule is Cc1ccc(-c2ccc(-c3ccc4cc(-c5ccc(-c6ccncc6)cc5)cnc4c3)cc2)cc1. The molecule has 0 saturated carbocycles. The van der Waals surface area contributed by atoms with E-state index < -0.39 is 0 Å². The molecule has 166 valence electrons. The van der Waals surface area contributed by atoms with Gasteiger partial charge in [-0.05, 0) is 70.1 Å². The Morgan fingerprint density at radius 3 is 1.49 bits per heavy atom. The zero-order valence-electron chi connectivity index (χ0n) is 19.5. The normalized spacial score (nSPS) is 11.0. The summed E-state index contributed by atoms with van der Waals surface area (Å²) in [4.78, 5) is 8.89. The molecule has 0 spiro atoms. The van der Waals surface area contributed by atoms with E-state index in [1.165, 1.54) is 38.9 Å². The maximum Gasteiger partial charge on any atom is 0.0708 e. The summed E-state index contributed by atoms with van der Waals surface area (Å²) in [6.07, 6.45) is 5.61. The average Bonchev–Trinajstić information content (AvgIpc) is 2.94. The molecule has 2 heteroatoms. The van der Waals surface area contributed by atoms with Crippen LogP contribution in [0.5, 0.6) is 0 Å². The maximum absolute atomic E-state index is 4.79. The molecule has 0 atom stereocenters. The van der Waals surface area contributed by atoms with Crippen molar-refractivity contribution in [2.75, 3.05) is 0 Å². The number of hydrogen-bond acceptors (Lipinski definition) is 2. The van der Waals surface area contributed by atoms with E-state index in [2.05, 4.69) is 109 Å². The van der Waals surface area contributed by atoms with E-state index in [9.17, 15) is 0 Å². The lowest BCUT2D eigenvalue weighted by Crippen LogP contribution is -1.86. The Balaban J connectivity index is 1.26. The fourth-order valence-corrected chi connectivity index (χ4v) is 4.46. The zero-order chi connectivity index (χ0) is 23.6. The number of benzene rings is 4. The third kappa shape index (κ3) is 4.34. The fraction of sp³-hybridized carbons (Fsp3) is 0.0303. The predicted octanol–water partition coefficient (Wildman–Crippen LogP) is 8.61. The van der Waals surface area contributed by atoms with Crippen LogP contribution in [0, 0.1) is 6.92 Å². The van der Waals surface area contributed by atoms with Gasteiger partial charge in [0.15, 0.2) is 0 Å². The third-order valence-electron chi connectivity index (χ3n) is 6.52. The van der Waals surface area contributed by atoms with Crippen molar-refractivity contribution in [1.82, 2.24) is 9.97 Å². The summed E-state index contributed by atoms with van der Waals surface area (Å²) in [6.45, 7) is 2.11. The Labute approximate surface area is 205 Å². The van der Waals surface area contributed by atoms with Gasteiger partial charge in [0, 0.05) is 29.5 Å². The van der Waals surface area contributed by atoms with Crippen molar-refractivity contribution in [1.29, 1.82) is 0 Å². The van der Waals surface area contributed by atoms with Crippen molar-refractivity contribution in [2.24, 2.45) is 0 Å². The molecule has 6 aromatic rings. The van der Waals surface area contributed by atoms with E-state index in [-0.39, 0.29) is 0 Å². The van der Waals surface area contributed by atoms with Crippen molar-refractivity contribution in [3.63, 3.8) is 0 Å². The third-order valence-corrected chi connectivity index (χ3v) is 6.52. The maximum atomic E-state index is 4.79. The molecule has 0 fully saturated rings. The molecule has 0 aliphatic carbocycles.